The first kappa shape index (κ1) is 16.2. The molecule has 1 N–H and O–H groups in total. The van der Waals surface area contributed by atoms with Gasteiger partial charge in [-0.25, -0.2) is 0 Å². The third-order valence-corrected chi connectivity index (χ3v) is 3.49. The van der Waals surface area contributed by atoms with Gasteiger partial charge in [-0.2, -0.15) is 5.10 Å². The topological polar surface area (TPSA) is 39.1 Å². The largest absolute Gasteiger partial charge is 0.385 e. The highest BCUT2D eigenvalue weighted by atomic mass is 16.5. The summed E-state index contributed by atoms with van der Waals surface area (Å²) < 4.78 is 7.14. The van der Waals surface area contributed by atoms with Crippen LogP contribution in [0.25, 0.3) is 0 Å². The van der Waals surface area contributed by atoms with E-state index in [9.17, 15) is 0 Å². The lowest BCUT2D eigenvalue weighted by molar-refractivity contribution is 0.192. The molecule has 0 saturated heterocycles. The Hall–Kier alpha value is -0.870. The number of ether oxygens (including phenoxy) is 1. The van der Waals surface area contributed by atoms with E-state index in [1.165, 1.54) is 12.8 Å². The van der Waals surface area contributed by atoms with Crippen LogP contribution in [0.5, 0.6) is 0 Å². The van der Waals surface area contributed by atoms with E-state index < -0.39 is 0 Å². The van der Waals surface area contributed by atoms with Crippen LogP contribution in [0.15, 0.2) is 12.3 Å². The number of unbranched alkanes of at least 4 members (excludes halogenated alkanes) is 2. The van der Waals surface area contributed by atoms with Crippen molar-refractivity contribution in [1.29, 1.82) is 0 Å². The zero-order chi connectivity index (χ0) is 13.9. The molecule has 0 radical (unpaired) electrons. The van der Waals surface area contributed by atoms with E-state index >= 15 is 0 Å². The molecule has 0 aliphatic rings. The first-order chi connectivity index (χ1) is 9.31. The van der Waals surface area contributed by atoms with Gasteiger partial charge in [0.15, 0.2) is 0 Å². The Balaban J connectivity index is 2.16. The third kappa shape index (κ3) is 6.21. The van der Waals surface area contributed by atoms with E-state index in [4.69, 9.17) is 4.74 Å². The highest BCUT2D eigenvalue weighted by Gasteiger charge is 2.07. The van der Waals surface area contributed by atoms with Crippen molar-refractivity contribution in [2.75, 3.05) is 20.3 Å². The van der Waals surface area contributed by atoms with Gasteiger partial charge in [-0.15, -0.1) is 0 Å². The standard InChI is InChI=1S/C15H29N3O/c1-4-15(5-2)18-11-9-14(17-18)13-16-10-7-6-8-12-19-3/h9,11,15-16H,4-8,10,12-13H2,1-3H3. The van der Waals surface area contributed by atoms with Crippen molar-refractivity contribution in [2.45, 2.75) is 58.5 Å². The summed E-state index contributed by atoms with van der Waals surface area (Å²) in [5.74, 6) is 0. The van der Waals surface area contributed by atoms with Crippen molar-refractivity contribution in [3.05, 3.63) is 18.0 Å². The van der Waals surface area contributed by atoms with Gasteiger partial charge < -0.3 is 10.1 Å². The van der Waals surface area contributed by atoms with Gasteiger partial charge in [-0.05, 0) is 44.7 Å². The summed E-state index contributed by atoms with van der Waals surface area (Å²) in [7, 11) is 1.76. The molecule has 4 nitrogen and oxygen atoms in total. The van der Waals surface area contributed by atoms with Crippen LogP contribution in [-0.4, -0.2) is 30.0 Å². The number of aromatic nitrogens is 2. The minimum atomic E-state index is 0.544. The smallest absolute Gasteiger partial charge is 0.0762 e. The fraction of sp³-hybridized carbons (Fsp3) is 0.800. The van der Waals surface area contributed by atoms with Gasteiger partial charge in [0, 0.05) is 26.5 Å². The molecule has 1 heterocycles. The quantitative estimate of drug-likeness (QED) is 0.626. The maximum Gasteiger partial charge on any atom is 0.0762 e. The SMILES string of the molecule is CCC(CC)n1ccc(CNCCCCCOC)n1. The Labute approximate surface area is 117 Å². The second-order valence-electron chi connectivity index (χ2n) is 4.99. The normalized spacial score (nSPS) is 11.4. The lowest BCUT2D eigenvalue weighted by Gasteiger charge is -2.12. The van der Waals surface area contributed by atoms with Crippen molar-refractivity contribution in [2.24, 2.45) is 0 Å². The van der Waals surface area contributed by atoms with Crippen molar-refractivity contribution >= 4 is 0 Å². The Morgan fingerprint density at radius 3 is 2.74 bits per heavy atom. The monoisotopic (exact) mass is 267 g/mol. The molecule has 1 aromatic heterocycles. The molecule has 0 aromatic carbocycles. The number of hydrogen-bond donors (Lipinski definition) is 1. The highest BCUT2D eigenvalue weighted by Crippen LogP contribution is 2.14. The molecule has 19 heavy (non-hydrogen) atoms. The number of hydrogen-bond acceptors (Lipinski definition) is 3. The Morgan fingerprint density at radius 2 is 2.05 bits per heavy atom. The van der Waals surface area contributed by atoms with Crippen LogP contribution in [0.1, 0.15) is 57.7 Å². The van der Waals surface area contributed by atoms with Crippen LogP contribution < -0.4 is 5.32 Å². The van der Waals surface area contributed by atoms with Gasteiger partial charge in [-0.3, -0.25) is 4.68 Å². The molecule has 0 atom stereocenters. The maximum atomic E-state index is 5.03. The average molecular weight is 267 g/mol. The lowest BCUT2D eigenvalue weighted by atomic mass is 10.2. The van der Waals surface area contributed by atoms with Crippen LogP contribution in [0.3, 0.4) is 0 Å². The Bertz CT molecular complexity index is 321. The molecule has 0 aliphatic heterocycles. The summed E-state index contributed by atoms with van der Waals surface area (Å²) in [4.78, 5) is 0. The Kier molecular flexibility index (Phi) is 8.50. The molecule has 0 bridgehead atoms. The van der Waals surface area contributed by atoms with E-state index in [-0.39, 0.29) is 0 Å². The van der Waals surface area contributed by atoms with Crippen molar-refractivity contribution in [3.8, 4) is 0 Å². The number of nitrogens with zero attached hydrogens (tertiary/aromatic N) is 2. The van der Waals surface area contributed by atoms with Gasteiger partial charge in [-0.1, -0.05) is 13.8 Å². The van der Waals surface area contributed by atoms with Crippen molar-refractivity contribution in [3.63, 3.8) is 0 Å². The van der Waals surface area contributed by atoms with Crippen LogP contribution >= 0.6 is 0 Å². The van der Waals surface area contributed by atoms with Gasteiger partial charge in [0.1, 0.15) is 0 Å². The number of nitrogens with one attached hydrogen (secondary N) is 1. The summed E-state index contributed by atoms with van der Waals surface area (Å²) in [5.41, 5.74) is 1.14. The van der Waals surface area contributed by atoms with Crippen molar-refractivity contribution in [1.82, 2.24) is 15.1 Å². The van der Waals surface area contributed by atoms with E-state index in [2.05, 4.69) is 41.2 Å². The summed E-state index contributed by atoms with van der Waals surface area (Å²) in [6.07, 6.45) is 7.98. The first-order valence-electron chi connectivity index (χ1n) is 7.55. The van der Waals surface area contributed by atoms with E-state index in [1.807, 2.05) is 0 Å². The second kappa shape index (κ2) is 9.98. The van der Waals surface area contributed by atoms with Crippen LogP contribution in [0, 0.1) is 0 Å². The molecule has 0 unspecified atom stereocenters. The van der Waals surface area contributed by atoms with Gasteiger partial charge in [0.2, 0.25) is 0 Å². The van der Waals surface area contributed by atoms with Gasteiger partial charge in [0.25, 0.3) is 0 Å². The molecule has 0 amide bonds. The van der Waals surface area contributed by atoms with Gasteiger partial charge >= 0.3 is 0 Å². The molecule has 1 aromatic rings. The first-order valence-corrected chi connectivity index (χ1v) is 7.55. The van der Waals surface area contributed by atoms with E-state index in [0.717, 1.165) is 44.7 Å². The van der Waals surface area contributed by atoms with Crippen molar-refractivity contribution < 1.29 is 4.74 Å². The van der Waals surface area contributed by atoms with Crippen LogP contribution in [0.4, 0.5) is 0 Å². The molecule has 1 rings (SSSR count). The highest BCUT2D eigenvalue weighted by molar-refractivity contribution is 4.99. The minimum absolute atomic E-state index is 0.544. The fourth-order valence-electron chi connectivity index (χ4n) is 2.23. The average Bonchev–Trinajstić information content (AvgIpc) is 2.88. The summed E-state index contributed by atoms with van der Waals surface area (Å²) in [6, 6.07) is 2.67. The molecule has 0 spiro atoms. The molecular formula is C15H29N3O. The maximum absolute atomic E-state index is 5.03. The predicted molar refractivity (Wildman–Crippen MR) is 79.3 cm³/mol. The fourth-order valence-corrected chi connectivity index (χ4v) is 2.23. The van der Waals surface area contributed by atoms with E-state index in [1.54, 1.807) is 7.11 Å². The summed E-state index contributed by atoms with van der Waals surface area (Å²) in [6.45, 7) is 7.24. The number of rotatable bonds is 11. The van der Waals surface area contributed by atoms with Gasteiger partial charge in [0.05, 0.1) is 11.7 Å². The summed E-state index contributed by atoms with van der Waals surface area (Å²) >= 11 is 0. The van der Waals surface area contributed by atoms with Crippen LogP contribution in [-0.2, 0) is 11.3 Å². The Morgan fingerprint density at radius 1 is 1.26 bits per heavy atom. The zero-order valence-electron chi connectivity index (χ0n) is 12.7. The molecule has 110 valence electrons. The lowest BCUT2D eigenvalue weighted by Crippen LogP contribution is -2.16. The molecule has 0 fully saturated rings. The zero-order valence-corrected chi connectivity index (χ0v) is 12.7. The molecule has 4 heteroatoms. The minimum Gasteiger partial charge on any atom is -0.385 e. The van der Waals surface area contributed by atoms with Crippen LogP contribution in [0.2, 0.25) is 0 Å². The predicted octanol–water partition coefficient (Wildman–Crippen LogP) is 3.15. The molecule has 0 aliphatic carbocycles. The third-order valence-electron chi connectivity index (χ3n) is 3.49. The molecular weight excluding hydrogens is 238 g/mol. The number of methoxy groups -OCH3 is 1. The molecule has 0 saturated carbocycles. The van der Waals surface area contributed by atoms with E-state index in [0.29, 0.717) is 6.04 Å². The summed E-state index contributed by atoms with van der Waals surface area (Å²) in [5, 5.41) is 8.08. The second-order valence-corrected chi connectivity index (χ2v) is 4.99.